The van der Waals surface area contributed by atoms with E-state index in [1.807, 2.05) is 36.4 Å². The van der Waals surface area contributed by atoms with Gasteiger partial charge in [-0.3, -0.25) is 4.79 Å². The molecule has 1 unspecified atom stereocenters. The Morgan fingerprint density at radius 1 is 1.03 bits per heavy atom. The van der Waals surface area contributed by atoms with Gasteiger partial charge in [-0.2, -0.15) is 4.31 Å². The molecule has 1 saturated heterocycles. The van der Waals surface area contributed by atoms with Gasteiger partial charge >= 0.3 is 0 Å². The van der Waals surface area contributed by atoms with Crippen LogP contribution in [-0.4, -0.2) is 42.8 Å². The molecule has 1 aliphatic rings. The Labute approximate surface area is 205 Å². The zero-order valence-electron chi connectivity index (χ0n) is 18.8. The first-order valence-corrected chi connectivity index (χ1v) is 13.0. The average Bonchev–Trinajstić information content (AvgIpc) is 2.82. The van der Waals surface area contributed by atoms with Crippen molar-refractivity contribution in [2.24, 2.45) is 0 Å². The van der Waals surface area contributed by atoms with E-state index in [4.69, 9.17) is 11.6 Å². The molecular weight excluding hydrogens is 472 g/mol. The fourth-order valence-corrected chi connectivity index (χ4v) is 5.90. The van der Waals surface area contributed by atoms with E-state index >= 15 is 0 Å². The molecule has 0 amide bonds. The highest BCUT2D eigenvalue weighted by molar-refractivity contribution is 7.89. The maximum absolute atomic E-state index is 13.0. The largest absolute Gasteiger partial charge is 0.393 e. The van der Waals surface area contributed by atoms with Crippen molar-refractivity contribution in [3.63, 3.8) is 0 Å². The number of hydrogen-bond acceptors (Lipinski definition) is 5. The molecule has 1 aliphatic heterocycles. The Morgan fingerprint density at radius 3 is 2.29 bits per heavy atom. The minimum absolute atomic E-state index is 0.0703. The van der Waals surface area contributed by atoms with Gasteiger partial charge in [0.2, 0.25) is 10.0 Å². The van der Waals surface area contributed by atoms with Crippen LogP contribution in [0, 0.1) is 0 Å². The molecule has 0 spiro atoms. The summed E-state index contributed by atoms with van der Waals surface area (Å²) in [5.41, 5.74) is 3.02. The van der Waals surface area contributed by atoms with E-state index in [0.717, 1.165) is 11.3 Å². The summed E-state index contributed by atoms with van der Waals surface area (Å²) in [4.78, 5) is 13.0. The number of sulfonamides is 1. The number of hydrogen-bond donors (Lipinski definition) is 2. The SMILES string of the molecule is CC(=O)C(c1ccc(S(=O)(=O)N2CCC(O)CC2)cc1)c1ccc(Cl)cc1Nc1ccccc1. The lowest BCUT2D eigenvalue weighted by Gasteiger charge is -2.28. The van der Waals surface area contributed by atoms with Gasteiger partial charge in [-0.15, -0.1) is 0 Å². The van der Waals surface area contributed by atoms with Gasteiger partial charge in [0.1, 0.15) is 5.78 Å². The second kappa shape index (κ2) is 10.3. The molecule has 4 rings (SSSR count). The van der Waals surface area contributed by atoms with Gasteiger partial charge in [-0.05, 0) is 67.3 Å². The normalized spacial score (nSPS) is 16.2. The summed E-state index contributed by atoms with van der Waals surface area (Å²) < 4.78 is 27.5. The van der Waals surface area contributed by atoms with Crippen molar-refractivity contribution in [2.75, 3.05) is 18.4 Å². The molecule has 2 N–H and O–H groups in total. The number of halogens is 1. The molecule has 3 aromatic carbocycles. The molecule has 0 aliphatic carbocycles. The minimum atomic E-state index is -3.66. The van der Waals surface area contributed by atoms with Gasteiger partial charge in [-0.25, -0.2) is 8.42 Å². The van der Waals surface area contributed by atoms with Crippen LogP contribution >= 0.6 is 11.6 Å². The van der Waals surface area contributed by atoms with Crippen LogP contribution in [0.25, 0.3) is 0 Å². The molecule has 1 heterocycles. The summed E-state index contributed by atoms with van der Waals surface area (Å²) in [5.74, 6) is -0.663. The zero-order chi connectivity index (χ0) is 24.3. The molecular formula is C26H27ClN2O4S. The van der Waals surface area contributed by atoms with Crippen LogP contribution in [0.1, 0.15) is 36.8 Å². The summed E-state index contributed by atoms with van der Waals surface area (Å²) >= 11 is 6.26. The molecule has 8 heteroatoms. The molecule has 34 heavy (non-hydrogen) atoms. The van der Waals surface area contributed by atoms with Crippen LogP contribution < -0.4 is 5.32 Å². The van der Waals surface area contributed by atoms with Gasteiger partial charge < -0.3 is 10.4 Å². The Hall–Kier alpha value is -2.71. The summed E-state index contributed by atoms with van der Waals surface area (Å²) in [6, 6.07) is 21.4. The predicted octanol–water partition coefficient (Wildman–Crippen LogP) is 4.95. The smallest absolute Gasteiger partial charge is 0.243 e. The number of para-hydroxylation sites is 1. The molecule has 0 radical (unpaired) electrons. The number of carbonyl (C=O) groups is 1. The lowest BCUT2D eigenvalue weighted by Crippen LogP contribution is -2.39. The maximum atomic E-state index is 13.0. The van der Waals surface area contributed by atoms with Crippen LogP contribution in [0.5, 0.6) is 0 Å². The van der Waals surface area contributed by atoms with E-state index in [2.05, 4.69) is 5.32 Å². The van der Waals surface area contributed by atoms with Crippen molar-refractivity contribution in [3.8, 4) is 0 Å². The van der Waals surface area contributed by atoms with E-state index in [0.29, 0.717) is 42.2 Å². The summed E-state index contributed by atoms with van der Waals surface area (Å²) in [6.07, 6.45) is 0.401. The minimum Gasteiger partial charge on any atom is -0.393 e. The Balaban J connectivity index is 1.66. The number of aliphatic hydroxyl groups is 1. The number of aliphatic hydroxyl groups excluding tert-OH is 1. The van der Waals surface area contributed by atoms with Crippen molar-refractivity contribution in [2.45, 2.75) is 36.7 Å². The Kier molecular flexibility index (Phi) is 7.38. The molecule has 0 saturated carbocycles. The van der Waals surface area contributed by atoms with E-state index in [-0.39, 0.29) is 10.7 Å². The molecule has 178 valence electrons. The average molecular weight is 499 g/mol. The lowest BCUT2D eigenvalue weighted by atomic mass is 9.87. The standard InChI is InChI=1S/C26H27ClN2O4S/c1-18(30)26(24-12-9-20(27)17-25(24)28-21-5-3-2-4-6-21)19-7-10-23(11-8-19)34(32,33)29-15-13-22(31)14-16-29/h2-12,17,22,26,28,31H,13-16H2,1H3. The number of anilines is 2. The van der Waals surface area contributed by atoms with Gasteiger partial charge in [0.15, 0.2) is 0 Å². The van der Waals surface area contributed by atoms with E-state index < -0.39 is 22.0 Å². The maximum Gasteiger partial charge on any atom is 0.243 e. The third-order valence-electron chi connectivity index (χ3n) is 6.06. The van der Waals surface area contributed by atoms with E-state index in [9.17, 15) is 18.3 Å². The molecule has 1 atom stereocenters. The summed E-state index contributed by atoms with van der Waals surface area (Å²) in [7, 11) is -3.66. The van der Waals surface area contributed by atoms with Crippen molar-refractivity contribution in [1.82, 2.24) is 4.31 Å². The van der Waals surface area contributed by atoms with E-state index in [1.165, 1.54) is 11.2 Å². The highest BCUT2D eigenvalue weighted by Crippen LogP contribution is 2.35. The second-order valence-corrected chi connectivity index (χ2v) is 10.8. The quantitative estimate of drug-likeness (QED) is 0.481. The van der Waals surface area contributed by atoms with Crippen LogP contribution in [0.15, 0.2) is 77.7 Å². The molecule has 1 fully saturated rings. The van der Waals surface area contributed by atoms with Gasteiger partial charge in [0.05, 0.1) is 16.9 Å². The van der Waals surface area contributed by atoms with Crippen molar-refractivity contribution < 1.29 is 18.3 Å². The predicted molar refractivity (Wildman–Crippen MR) is 134 cm³/mol. The van der Waals surface area contributed by atoms with Crippen molar-refractivity contribution >= 4 is 38.8 Å². The molecule has 6 nitrogen and oxygen atoms in total. The second-order valence-electron chi connectivity index (χ2n) is 8.47. The monoisotopic (exact) mass is 498 g/mol. The molecule has 0 bridgehead atoms. The molecule has 0 aromatic heterocycles. The number of carbonyl (C=O) groups excluding carboxylic acids is 1. The summed E-state index contributed by atoms with van der Waals surface area (Å²) in [6.45, 7) is 2.11. The lowest BCUT2D eigenvalue weighted by molar-refractivity contribution is -0.117. The van der Waals surface area contributed by atoms with Gasteiger partial charge in [0.25, 0.3) is 0 Å². The highest BCUT2D eigenvalue weighted by Gasteiger charge is 2.29. The number of Topliss-reactive ketones (excluding diaryl/α,β-unsaturated/α-hetero) is 1. The van der Waals surface area contributed by atoms with Crippen molar-refractivity contribution in [1.29, 1.82) is 0 Å². The third-order valence-corrected chi connectivity index (χ3v) is 8.21. The third kappa shape index (κ3) is 5.33. The first-order valence-electron chi connectivity index (χ1n) is 11.2. The number of ketones is 1. The number of piperidine rings is 1. The fourth-order valence-electron chi connectivity index (χ4n) is 4.26. The first-order chi connectivity index (χ1) is 16.3. The van der Waals surface area contributed by atoms with Crippen LogP contribution in [-0.2, 0) is 14.8 Å². The van der Waals surface area contributed by atoms with Crippen LogP contribution in [0.3, 0.4) is 0 Å². The zero-order valence-corrected chi connectivity index (χ0v) is 20.4. The molecule has 3 aromatic rings. The number of benzene rings is 3. The van der Waals surface area contributed by atoms with E-state index in [1.54, 1.807) is 36.4 Å². The van der Waals surface area contributed by atoms with Gasteiger partial charge in [-0.1, -0.05) is 48.0 Å². The van der Waals surface area contributed by atoms with Crippen LogP contribution in [0.2, 0.25) is 5.02 Å². The first kappa shape index (κ1) is 24.4. The Morgan fingerprint density at radius 2 is 1.68 bits per heavy atom. The van der Waals surface area contributed by atoms with Crippen LogP contribution in [0.4, 0.5) is 11.4 Å². The fraction of sp³-hybridized carbons (Fsp3) is 0.269. The highest BCUT2D eigenvalue weighted by atomic mass is 35.5. The topological polar surface area (TPSA) is 86.7 Å². The number of nitrogens with one attached hydrogen (secondary N) is 1. The summed E-state index contributed by atoms with van der Waals surface area (Å²) in [5, 5.41) is 13.6. The van der Waals surface area contributed by atoms with Gasteiger partial charge in [0, 0.05) is 29.5 Å². The number of nitrogens with zero attached hydrogens (tertiary/aromatic N) is 1. The van der Waals surface area contributed by atoms with Crippen molar-refractivity contribution in [3.05, 3.63) is 88.9 Å². The Bertz CT molecular complexity index is 1260. The number of rotatable bonds is 7.